The minimum absolute atomic E-state index is 0.123. The van der Waals surface area contributed by atoms with E-state index in [2.05, 4.69) is 41.6 Å². The Morgan fingerprint density at radius 2 is 2.10 bits per heavy atom. The lowest BCUT2D eigenvalue weighted by Crippen LogP contribution is -2.31. The van der Waals surface area contributed by atoms with Crippen LogP contribution < -0.4 is 5.73 Å². The van der Waals surface area contributed by atoms with Gasteiger partial charge in [0, 0.05) is 23.4 Å². The Balaban J connectivity index is 1.73. The summed E-state index contributed by atoms with van der Waals surface area (Å²) in [6.45, 7) is 1.53. The second-order valence-corrected chi connectivity index (χ2v) is 6.28. The van der Waals surface area contributed by atoms with Crippen LogP contribution in [0, 0.1) is 0 Å². The Hall–Kier alpha value is -1.62. The quantitative estimate of drug-likeness (QED) is 0.755. The third-order valence-electron chi connectivity index (χ3n) is 3.82. The molecule has 0 radical (unpaired) electrons. The number of thiophene rings is 1. The lowest BCUT2D eigenvalue weighted by molar-refractivity contribution is 0.226. The largest absolute Gasteiger partial charge is 0.459 e. The predicted molar refractivity (Wildman–Crippen MR) is 88.7 cm³/mol. The van der Waals surface area contributed by atoms with Crippen LogP contribution in [-0.2, 0) is 6.42 Å². The van der Waals surface area contributed by atoms with Crippen LogP contribution in [0.2, 0.25) is 0 Å². The summed E-state index contributed by atoms with van der Waals surface area (Å²) in [5.41, 5.74) is 6.91. The summed E-state index contributed by atoms with van der Waals surface area (Å²) in [5.74, 6) is 0.951. The van der Waals surface area contributed by atoms with Gasteiger partial charge in [0.05, 0.1) is 6.04 Å². The molecule has 0 aliphatic carbocycles. The second-order valence-electron chi connectivity index (χ2n) is 5.25. The highest BCUT2D eigenvalue weighted by molar-refractivity contribution is 7.09. The number of hydrogen-bond acceptors (Lipinski definition) is 4. The number of furan rings is 1. The molecule has 0 saturated heterocycles. The van der Waals surface area contributed by atoms with E-state index in [0.29, 0.717) is 6.54 Å². The van der Waals surface area contributed by atoms with Crippen molar-refractivity contribution < 1.29 is 4.42 Å². The molecular weight excluding hydrogens is 280 g/mol. The number of fused-ring (bicyclic) bond motifs is 1. The first-order valence-electron chi connectivity index (χ1n) is 7.19. The molecule has 110 valence electrons. The fraction of sp³-hybridized carbons (Fsp3) is 0.294. The summed E-state index contributed by atoms with van der Waals surface area (Å²) in [6.07, 6.45) is 1.05. The summed E-state index contributed by atoms with van der Waals surface area (Å²) >= 11 is 1.80. The minimum atomic E-state index is 0.123. The molecule has 1 unspecified atom stereocenters. The van der Waals surface area contributed by atoms with Gasteiger partial charge in [-0.25, -0.2) is 0 Å². The molecule has 1 aromatic carbocycles. The van der Waals surface area contributed by atoms with Gasteiger partial charge in [0.25, 0.3) is 0 Å². The van der Waals surface area contributed by atoms with Crippen molar-refractivity contribution in [3.63, 3.8) is 0 Å². The molecule has 0 fully saturated rings. The van der Waals surface area contributed by atoms with Crippen molar-refractivity contribution in [1.82, 2.24) is 4.90 Å². The number of nitrogens with zero attached hydrogens (tertiary/aromatic N) is 1. The highest BCUT2D eigenvalue weighted by Crippen LogP contribution is 2.26. The summed E-state index contributed by atoms with van der Waals surface area (Å²) in [4.78, 5) is 3.68. The molecule has 0 amide bonds. The summed E-state index contributed by atoms with van der Waals surface area (Å²) < 4.78 is 5.96. The average molecular weight is 300 g/mol. The van der Waals surface area contributed by atoms with Crippen LogP contribution in [0.4, 0.5) is 0 Å². The molecule has 3 nitrogen and oxygen atoms in total. The van der Waals surface area contributed by atoms with Crippen molar-refractivity contribution in [3.8, 4) is 0 Å². The molecule has 0 aliphatic rings. The van der Waals surface area contributed by atoms with Gasteiger partial charge in [-0.3, -0.25) is 4.90 Å². The number of nitrogens with two attached hydrogens (primary N) is 1. The number of likely N-dealkylation sites (N-methyl/N-ethyl adjacent to an activating group) is 1. The topological polar surface area (TPSA) is 42.4 Å². The smallest absolute Gasteiger partial charge is 0.134 e. The van der Waals surface area contributed by atoms with E-state index < -0.39 is 0 Å². The van der Waals surface area contributed by atoms with Crippen molar-refractivity contribution in [3.05, 3.63) is 58.5 Å². The van der Waals surface area contributed by atoms with Crippen LogP contribution >= 0.6 is 11.3 Å². The van der Waals surface area contributed by atoms with Crippen molar-refractivity contribution in [1.29, 1.82) is 0 Å². The number of rotatable bonds is 6. The van der Waals surface area contributed by atoms with E-state index >= 15 is 0 Å². The molecule has 1 atom stereocenters. The molecule has 0 bridgehead atoms. The maximum absolute atomic E-state index is 5.98. The Labute approximate surface area is 129 Å². The summed E-state index contributed by atoms with van der Waals surface area (Å²) in [7, 11) is 2.11. The molecule has 0 spiro atoms. The van der Waals surface area contributed by atoms with Crippen LogP contribution in [-0.4, -0.2) is 25.0 Å². The zero-order valence-corrected chi connectivity index (χ0v) is 13.0. The SMILES string of the molecule is CN(CCc1cccs1)C(CN)c1cc2ccccc2o1. The van der Waals surface area contributed by atoms with Gasteiger partial charge in [0.2, 0.25) is 0 Å². The minimum Gasteiger partial charge on any atom is -0.459 e. The van der Waals surface area contributed by atoms with E-state index in [1.807, 2.05) is 18.2 Å². The van der Waals surface area contributed by atoms with Gasteiger partial charge in [0.15, 0.2) is 0 Å². The molecule has 21 heavy (non-hydrogen) atoms. The van der Waals surface area contributed by atoms with Gasteiger partial charge in [-0.05, 0) is 37.0 Å². The fourth-order valence-electron chi connectivity index (χ4n) is 2.58. The molecule has 0 saturated carbocycles. The van der Waals surface area contributed by atoms with Gasteiger partial charge in [-0.15, -0.1) is 11.3 Å². The lowest BCUT2D eigenvalue weighted by atomic mass is 10.1. The second kappa shape index (κ2) is 6.43. The van der Waals surface area contributed by atoms with E-state index in [0.717, 1.165) is 29.7 Å². The van der Waals surface area contributed by atoms with Gasteiger partial charge in [-0.2, -0.15) is 0 Å². The maximum atomic E-state index is 5.98. The highest BCUT2D eigenvalue weighted by Gasteiger charge is 2.19. The van der Waals surface area contributed by atoms with Crippen molar-refractivity contribution in [2.45, 2.75) is 12.5 Å². The number of para-hydroxylation sites is 1. The molecular formula is C17H20N2OS. The van der Waals surface area contributed by atoms with Gasteiger partial charge < -0.3 is 10.2 Å². The zero-order valence-electron chi connectivity index (χ0n) is 12.2. The van der Waals surface area contributed by atoms with Crippen molar-refractivity contribution in [2.24, 2.45) is 5.73 Å². The molecule has 4 heteroatoms. The van der Waals surface area contributed by atoms with E-state index in [1.54, 1.807) is 11.3 Å². The molecule has 2 N–H and O–H groups in total. The normalized spacial score (nSPS) is 13.1. The molecule has 3 rings (SSSR count). The van der Waals surface area contributed by atoms with Crippen LogP contribution in [0.1, 0.15) is 16.7 Å². The van der Waals surface area contributed by atoms with E-state index in [9.17, 15) is 0 Å². The zero-order chi connectivity index (χ0) is 14.7. The highest BCUT2D eigenvalue weighted by atomic mass is 32.1. The van der Waals surface area contributed by atoms with E-state index in [1.165, 1.54) is 4.88 Å². The first-order chi connectivity index (χ1) is 10.3. The van der Waals surface area contributed by atoms with Gasteiger partial charge in [-0.1, -0.05) is 24.3 Å². The number of hydrogen-bond donors (Lipinski definition) is 1. The average Bonchev–Trinajstić information content (AvgIpc) is 3.15. The third-order valence-corrected chi connectivity index (χ3v) is 4.76. The van der Waals surface area contributed by atoms with Crippen LogP contribution in [0.5, 0.6) is 0 Å². The van der Waals surface area contributed by atoms with E-state index in [4.69, 9.17) is 10.2 Å². The Bertz CT molecular complexity index is 657. The first kappa shape index (κ1) is 14.3. The van der Waals surface area contributed by atoms with Crippen molar-refractivity contribution >= 4 is 22.3 Å². The van der Waals surface area contributed by atoms with E-state index in [-0.39, 0.29) is 6.04 Å². The Kier molecular flexibility index (Phi) is 4.39. The monoisotopic (exact) mass is 300 g/mol. The third kappa shape index (κ3) is 3.18. The van der Waals surface area contributed by atoms with Crippen LogP contribution in [0.3, 0.4) is 0 Å². The molecule has 2 aromatic heterocycles. The van der Waals surface area contributed by atoms with Crippen molar-refractivity contribution in [2.75, 3.05) is 20.1 Å². The Morgan fingerprint density at radius 1 is 1.24 bits per heavy atom. The predicted octanol–water partition coefficient (Wildman–Crippen LogP) is 3.67. The van der Waals surface area contributed by atoms with Crippen LogP contribution in [0.15, 0.2) is 52.3 Å². The standard InChI is InChI=1S/C17H20N2OS/c1-19(9-8-14-6-4-10-21-14)15(12-18)17-11-13-5-2-3-7-16(13)20-17/h2-7,10-11,15H,8-9,12,18H2,1H3. The molecule has 0 aliphatic heterocycles. The molecule has 3 aromatic rings. The van der Waals surface area contributed by atoms with Crippen LogP contribution in [0.25, 0.3) is 11.0 Å². The summed E-state index contributed by atoms with van der Waals surface area (Å²) in [6, 6.07) is 14.6. The number of benzene rings is 1. The summed E-state index contributed by atoms with van der Waals surface area (Å²) in [5, 5.41) is 3.26. The Morgan fingerprint density at radius 3 is 2.81 bits per heavy atom. The maximum Gasteiger partial charge on any atom is 0.134 e. The lowest BCUT2D eigenvalue weighted by Gasteiger charge is -2.24. The van der Waals surface area contributed by atoms with Gasteiger partial charge in [0.1, 0.15) is 11.3 Å². The first-order valence-corrected chi connectivity index (χ1v) is 8.07. The van der Waals surface area contributed by atoms with Gasteiger partial charge >= 0.3 is 0 Å². The fourth-order valence-corrected chi connectivity index (χ4v) is 3.28. The molecule has 2 heterocycles.